The minimum Gasteiger partial charge on any atom is -0.315 e. The summed E-state index contributed by atoms with van der Waals surface area (Å²) in [5, 5.41) is 3.24. The van der Waals surface area contributed by atoms with Gasteiger partial charge in [-0.05, 0) is 32.4 Å². The molecule has 0 saturated carbocycles. The first-order valence-corrected chi connectivity index (χ1v) is 6.96. The van der Waals surface area contributed by atoms with Gasteiger partial charge in [0.05, 0.1) is 6.54 Å². The number of nitrogens with one attached hydrogen (secondary N) is 1. The van der Waals surface area contributed by atoms with Crippen LogP contribution in [0, 0.1) is 0 Å². The molecule has 0 aliphatic heterocycles. The van der Waals surface area contributed by atoms with Crippen LogP contribution in [0.2, 0.25) is 0 Å². The predicted octanol–water partition coefficient (Wildman–Crippen LogP) is 3.43. The second-order valence-corrected chi connectivity index (χ2v) is 4.73. The lowest BCUT2D eigenvalue weighted by Gasteiger charge is -2.32. The highest BCUT2D eigenvalue weighted by Crippen LogP contribution is 2.19. The topological polar surface area (TPSA) is 15.3 Å². The van der Waals surface area contributed by atoms with Crippen LogP contribution in [0.5, 0.6) is 0 Å². The van der Waals surface area contributed by atoms with Crippen LogP contribution in [-0.4, -0.2) is 43.3 Å². The van der Waals surface area contributed by atoms with E-state index in [1.54, 1.807) is 4.90 Å². The molecule has 5 heteroatoms. The van der Waals surface area contributed by atoms with Crippen molar-refractivity contribution >= 4 is 0 Å². The molecule has 0 aromatic heterocycles. The standard InChI is InChI=1S/C13H27F3N2/c1-4-7-12(10-17-8-5-2)18(9-6-3)11-13(14,15)16/h12,17H,4-11H2,1-3H3. The number of rotatable bonds is 10. The molecule has 1 N–H and O–H groups in total. The van der Waals surface area contributed by atoms with Gasteiger partial charge in [-0.25, -0.2) is 0 Å². The molecule has 1 unspecified atom stereocenters. The van der Waals surface area contributed by atoms with E-state index in [4.69, 9.17) is 0 Å². The van der Waals surface area contributed by atoms with Crippen LogP contribution in [0.25, 0.3) is 0 Å². The second kappa shape index (κ2) is 9.62. The highest BCUT2D eigenvalue weighted by Gasteiger charge is 2.33. The normalized spacial score (nSPS) is 14.2. The van der Waals surface area contributed by atoms with Crippen LogP contribution < -0.4 is 5.32 Å². The molecule has 0 aliphatic carbocycles. The summed E-state index contributed by atoms with van der Waals surface area (Å²) in [4.78, 5) is 1.58. The SMILES string of the molecule is CCCNCC(CCC)N(CCC)CC(F)(F)F. The van der Waals surface area contributed by atoms with Crippen molar-refractivity contribution in [3.63, 3.8) is 0 Å². The van der Waals surface area contributed by atoms with Crippen LogP contribution in [-0.2, 0) is 0 Å². The maximum absolute atomic E-state index is 12.6. The minimum absolute atomic E-state index is 0.0110. The third-order valence-electron chi connectivity index (χ3n) is 2.84. The summed E-state index contributed by atoms with van der Waals surface area (Å²) < 4.78 is 37.7. The van der Waals surface area contributed by atoms with Gasteiger partial charge in [0.15, 0.2) is 0 Å². The zero-order valence-corrected chi connectivity index (χ0v) is 11.8. The Morgan fingerprint density at radius 2 is 1.72 bits per heavy atom. The molecule has 0 fully saturated rings. The van der Waals surface area contributed by atoms with Crippen molar-refractivity contribution in [2.75, 3.05) is 26.2 Å². The smallest absolute Gasteiger partial charge is 0.315 e. The zero-order valence-electron chi connectivity index (χ0n) is 11.8. The van der Waals surface area contributed by atoms with Gasteiger partial charge in [-0.2, -0.15) is 13.2 Å². The largest absolute Gasteiger partial charge is 0.401 e. The predicted molar refractivity (Wildman–Crippen MR) is 69.8 cm³/mol. The summed E-state index contributed by atoms with van der Waals surface area (Å²) in [5.41, 5.74) is 0. The Labute approximate surface area is 109 Å². The Kier molecular flexibility index (Phi) is 9.46. The molecule has 0 radical (unpaired) electrons. The lowest BCUT2D eigenvalue weighted by molar-refractivity contribution is -0.151. The van der Waals surface area contributed by atoms with Crippen molar-refractivity contribution in [2.24, 2.45) is 0 Å². The fourth-order valence-electron chi connectivity index (χ4n) is 2.10. The average molecular weight is 268 g/mol. The van der Waals surface area contributed by atoms with Gasteiger partial charge in [0.1, 0.15) is 0 Å². The molecule has 1 atom stereocenters. The zero-order chi connectivity index (χ0) is 14.0. The van der Waals surface area contributed by atoms with Crippen LogP contribution in [0.15, 0.2) is 0 Å². The molecule has 0 bridgehead atoms. The highest BCUT2D eigenvalue weighted by molar-refractivity contribution is 4.76. The summed E-state index contributed by atoms with van der Waals surface area (Å²) in [6, 6.07) is -0.0110. The van der Waals surface area contributed by atoms with E-state index in [0.29, 0.717) is 13.1 Å². The van der Waals surface area contributed by atoms with Gasteiger partial charge >= 0.3 is 6.18 Å². The first-order chi connectivity index (χ1) is 8.44. The molecule has 0 spiro atoms. The lowest BCUT2D eigenvalue weighted by Crippen LogP contribution is -2.47. The Morgan fingerprint density at radius 3 is 2.17 bits per heavy atom. The van der Waals surface area contributed by atoms with Crippen molar-refractivity contribution in [3.05, 3.63) is 0 Å². The Hall–Kier alpha value is -0.290. The quantitative estimate of drug-likeness (QED) is 0.611. The van der Waals surface area contributed by atoms with E-state index in [2.05, 4.69) is 12.2 Å². The van der Waals surface area contributed by atoms with Gasteiger partial charge < -0.3 is 5.32 Å². The van der Waals surface area contributed by atoms with Crippen molar-refractivity contribution in [2.45, 2.75) is 58.7 Å². The molecule has 0 rings (SSSR count). The van der Waals surface area contributed by atoms with Crippen LogP contribution >= 0.6 is 0 Å². The van der Waals surface area contributed by atoms with Crippen molar-refractivity contribution in [3.8, 4) is 0 Å². The fraction of sp³-hybridized carbons (Fsp3) is 1.00. The van der Waals surface area contributed by atoms with Gasteiger partial charge in [0.25, 0.3) is 0 Å². The summed E-state index contributed by atoms with van der Waals surface area (Å²) in [6.45, 7) is 7.24. The summed E-state index contributed by atoms with van der Waals surface area (Å²) >= 11 is 0. The van der Waals surface area contributed by atoms with E-state index in [1.807, 2.05) is 13.8 Å². The van der Waals surface area contributed by atoms with Crippen LogP contribution in [0.1, 0.15) is 46.5 Å². The van der Waals surface area contributed by atoms with Crippen LogP contribution in [0.3, 0.4) is 0 Å². The van der Waals surface area contributed by atoms with Gasteiger partial charge in [-0.1, -0.05) is 27.2 Å². The first kappa shape index (κ1) is 17.7. The van der Waals surface area contributed by atoms with Gasteiger partial charge in [-0.3, -0.25) is 4.90 Å². The first-order valence-electron chi connectivity index (χ1n) is 6.96. The van der Waals surface area contributed by atoms with Gasteiger partial charge in [0.2, 0.25) is 0 Å². The van der Waals surface area contributed by atoms with E-state index in [-0.39, 0.29) is 6.04 Å². The van der Waals surface area contributed by atoms with E-state index < -0.39 is 12.7 Å². The summed E-state index contributed by atoms with van der Waals surface area (Å²) in [5.74, 6) is 0. The van der Waals surface area contributed by atoms with E-state index in [1.165, 1.54) is 0 Å². The van der Waals surface area contributed by atoms with E-state index in [9.17, 15) is 13.2 Å². The molecule has 0 amide bonds. The molecule has 2 nitrogen and oxygen atoms in total. The molecule has 0 aliphatic rings. The van der Waals surface area contributed by atoms with Crippen molar-refractivity contribution < 1.29 is 13.2 Å². The Morgan fingerprint density at radius 1 is 1.06 bits per heavy atom. The number of alkyl halides is 3. The monoisotopic (exact) mass is 268 g/mol. The van der Waals surface area contributed by atoms with E-state index >= 15 is 0 Å². The third kappa shape index (κ3) is 8.75. The van der Waals surface area contributed by atoms with Crippen molar-refractivity contribution in [1.82, 2.24) is 10.2 Å². The molecule has 0 heterocycles. The van der Waals surface area contributed by atoms with Crippen LogP contribution in [0.4, 0.5) is 13.2 Å². The second-order valence-electron chi connectivity index (χ2n) is 4.73. The third-order valence-corrected chi connectivity index (χ3v) is 2.84. The number of hydrogen-bond acceptors (Lipinski definition) is 2. The maximum atomic E-state index is 12.6. The maximum Gasteiger partial charge on any atom is 0.401 e. The fourth-order valence-corrected chi connectivity index (χ4v) is 2.10. The minimum atomic E-state index is -4.11. The molecule has 0 saturated heterocycles. The van der Waals surface area contributed by atoms with E-state index in [0.717, 1.165) is 32.2 Å². The Bertz CT molecular complexity index is 195. The van der Waals surface area contributed by atoms with Crippen molar-refractivity contribution in [1.29, 1.82) is 0 Å². The Balaban J connectivity index is 4.43. The highest BCUT2D eigenvalue weighted by atomic mass is 19.4. The molecule has 110 valence electrons. The molecule has 0 aromatic rings. The summed E-state index contributed by atoms with van der Waals surface area (Å²) in [6.07, 6.45) is -0.620. The van der Waals surface area contributed by atoms with Gasteiger partial charge in [-0.15, -0.1) is 0 Å². The average Bonchev–Trinajstić information content (AvgIpc) is 2.26. The molecular weight excluding hydrogens is 241 g/mol. The van der Waals surface area contributed by atoms with Gasteiger partial charge in [0, 0.05) is 12.6 Å². The summed E-state index contributed by atoms with van der Waals surface area (Å²) in [7, 11) is 0. The number of nitrogens with zero attached hydrogens (tertiary/aromatic N) is 1. The molecule has 18 heavy (non-hydrogen) atoms. The number of halogens is 3. The molecule has 0 aromatic carbocycles. The number of hydrogen-bond donors (Lipinski definition) is 1. The lowest BCUT2D eigenvalue weighted by atomic mass is 10.1. The molecular formula is C13H27F3N2.